The van der Waals surface area contributed by atoms with E-state index < -0.39 is 23.0 Å². The maximum Gasteiger partial charge on any atom is 0.136 e. The van der Waals surface area contributed by atoms with Gasteiger partial charge in [-0.3, -0.25) is 0 Å². The molecule has 2 aromatic rings. The highest BCUT2D eigenvalue weighted by molar-refractivity contribution is 5.75. The SMILES string of the molecule is Oc1cccc(O)c1C=Cc1c(F)cc(F)cc1F. The van der Waals surface area contributed by atoms with Gasteiger partial charge in [-0.25, -0.2) is 13.2 Å². The summed E-state index contributed by atoms with van der Waals surface area (Å²) in [5, 5.41) is 19.0. The van der Waals surface area contributed by atoms with Crippen molar-refractivity contribution >= 4 is 12.2 Å². The molecule has 0 spiro atoms. The average molecular weight is 266 g/mol. The van der Waals surface area contributed by atoms with Crippen molar-refractivity contribution in [2.24, 2.45) is 0 Å². The molecule has 0 aliphatic rings. The van der Waals surface area contributed by atoms with Gasteiger partial charge in [0.05, 0.1) is 5.56 Å². The predicted octanol–water partition coefficient (Wildman–Crippen LogP) is 3.69. The molecule has 0 fully saturated rings. The molecular weight excluding hydrogens is 257 g/mol. The highest BCUT2D eigenvalue weighted by Gasteiger charge is 2.09. The summed E-state index contributed by atoms with van der Waals surface area (Å²) in [5.41, 5.74) is -0.435. The molecule has 98 valence electrons. The summed E-state index contributed by atoms with van der Waals surface area (Å²) >= 11 is 0. The van der Waals surface area contributed by atoms with Crippen molar-refractivity contribution in [3.8, 4) is 11.5 Å². The minimum Gasteiger partial charge on any atom is -0.507 e. The summed E-state index contributed by atoms with van der Waals surface area (Å²) in [5.74, 6) is -3.62. The Morgan fingerprint density at radius 3 is 1.79 bits per heavy atom. The van der Waals surface area contributed by atoms with Crippen LogP contribution in [0.5, 0.6) is 11.5 Å². The second kappa shape index (κ2) is 5.06. The predicted molar refractivity (Wildman–Crippen MR) is 65.0 cm³/mol. The third-order valence-corrected chi connectivity index (χ3v) is 2.52. The molecule has 0 amide bonds. The van der Waals surface area contributed by atoms with E-state index in [0.29, 0.717) is 12.1 Å². The first-order valence-corrected chi connectivity index (χ1v) is 5.32. The first-order chi connectivity index (χ1) is 8.99. The Kier molecular flexibility index (Phi) is 3.46. The third kappa shape index (κ3) is 2.70. The number of rotatable bonds is 2. The lowest BCUT2D eigenvalue weighted by atomic mass is 10.1. The van der Waals surface area contributed by atoms with Gasteiger partial charge in [0, 0.05) is 17.7 Å². The zero-order valence-corrected chi connectivity index (χ0v) is 9.57. The van der Waals surface area contributed by atoms with E-state index in [9.17, 15) is 23.4 Å². The Labute approximate surface area is 107 Å². The zero-order chi connectivity index (χ0) is 14.0. The van der Waals surface area contributed by atoms with Crippen LogP contribution in [0.1, 0.15) is 11.1 Å². The number of halogens is 3. The minimum atomic E-state index is -1.07. The third-order valence-electron chi connectivity index (χ3n) is 2.52. The number of benzene rings is 2. The van der Waals surface area contributed by atoms with Crippen LogP contribution in [-0.4, -0.2) is 10.2 Å². The Morgan fingerprint density at radius 2 is 1.26 bits per heavy atom. The second-order valence-corrected chi connectivity index (χ2v) is 3.83. The second-order valence-electron chi connectivity index (χ2n) is 3.83. The van der Waals surface area contributed by atoms with Crippen molar-refractivity contribution in [3.63, 3.8) is 0 Å². The van der Waals surface area contributed by atoms with Crippen molar-refractivity contribution in [2.45, 2.75) is 0 Å². The van der Waals surface area contributed by atoms with E-state index in [1.165, 1.54) is 18.2 Å². The summed E-state index contributed by atoms with van der Waals surface area (Å²) in [6, 6.07) is 5.15. The molecule has 0 aliphatic carbocycles. The Balaban J connectivity index is 2.44. The molecule has 2 rings (SSSR count). The zero-order valence-electron chi connectivity index (χ0n) is 9.57. The highest BCUT2D eigenvalue weighted by atomic mass is 19.1. The van der Waals surface area contributed by atoms with E-state index in [2.05, 4.69) is 0 Å². The molecule has 0 atom stereocenters. The smallest absolute Gasteiger partial charge is 0.136 e. The lowest BCUT2D eigenvalue weighted by Gasteiger charge is -2.03. The van der Waals surface area contributed by atoms with Crippen LogP contribution in [0.25, 0.3) is 12.2 Å². The first kappa shape index (κ1) is 13.0. The van der Waals surface area contributed by atoms with E-state index >= 15 is 0 Å². The standard InChI is InChI=1S/C14H9F3O2/c15-8-6-11(16)9(12(17)7-8)4-5-10-13(18)2-1-3-14(10)19/h1-7,18-19H. The summed E-state index contributed by atoms with van der Waals surface area (Å²) < 4.78 is 39.4. The van der Waals surface area contributed by atoms with Crippen molar-refractivity contribution in [2.75, 3.05) is 0 Å². The van der Waals surface area contributed by atoms with E-state index in [-0.39, 0.29) is 17.1 Å². The first-order valence-electron chi connectivity index (χ1n) is 5.32. The number of hydrogen-bond acceptors (Lipinski definition) is 2. The molecule has 2 nitrogen and oxygen atoms in total. The van der Waals surface area contributed by atoms with Gasteiger partial charge in [0.2, 0.25) is 0 Å². The van der Waals surface area contributed by atoms with Crippen LogP contribution in [-0.2, 0) is 0 Å². The van der Waals surface area contributed by atoms with Crippen LogP contribution < -0.4 is 0 Å². The fourth-order valence-corrected chi connectivity index (χ4v) is 1.59. The summed E-state index contributed by atoms with van der Waals surface area (Å²) in [4.78, 5) is 0. The highest BCUT2D eigenvalue weighted by Crippen LogP contribution is 2.29. The lowest BCUT2D eigenvalue weighted by molar-refractivity contribution is 0.448. The molecule has 5 heteroatoms. The van der Waals surface area contributed by atoms with Crippen LogP contribution in [0.3, 0.4) is 0 Å². The number of hydrogen-bond donors (Lipinski definition) is 2. The van der Waals surface area contributed by atoms with Gasteiger partial charge in [0.15, 0.2) is 0 Å². The normalized spacial score (nSPS) is 11.1. The molecule has 2 N–H and O–H groups in total. The van der Waals surface area contributed by atoms with E-state index in [1.54, 1.807) is 0 Å². The van der Waals surface area contributed by atoms with Crippen molar-refractivity contribution in [3.05, 3.63) is 58.9 Å². The Bertz CT molecular complexity index is 608. The van der Waals surface area contributed by atoms with Crippen LogP contribution in [0.2, 0.25) is 0 Å². The number of aromatic hydroxyl groups is 2. The van der Waals surface area contributed by atoms with Crippen LogP contribution in [0, 0.1) is 17.5 Å². The minimum absolute atomic E-state index is 0.0191. The molecule has 0 aliphatic heterocycles. The molecule has 0 saturated heterocycles. The van der Waals surface area contributed by atoms with Gasteiger partial charge in [-0.2, -0.15) is 0 Å². The maximum atomic E-state index is 13.4. The monoisotopic (exact) mass is 266 g/mol. The number of phenolic OH excluding ortho intramolecular Hbond substituents is 2. The van der Waals surface area contributed by atoms with Crippen LogP contribution in [0.15, 0.2) is 30.3 Å². The molecule has 2 aromatic carbocycles. The molecule has 0 saturated carbocycles. The van der Waals surface area contributed by atoms with E-state index in [0.717, 1.165) is 12.2 Å². The Hall–Kier alpha value is -2.43. The molecule has 19 heavy (non-hydrogen) atoms. The molecule has 0 heterocycles. The van der Waals surface area contributed by atoms with Gasteiger partial charge in [0.1, 0.15) is 29.0 Å². The van der Waals surface area contributed by atoms with Crippen molar-refractivity contribution in [1.29, 1.82) is 0 Å². The topological polar surface area (TPSA) is 40.5 Å². The van der Waals surface area contributed by atoms with Gasteiger partial charge in [-0.15, -0.1) is 0 Å². The van der Waals surface area contributed by atoms with Gasteiger partial charge in [-0.05, 0) is 24.3 Å². The van der Waals surface area contributed by atoms with Gasteiger partial charge < -0.3 is 10.2 Å². The van der Waals surface area contributed by atoms with E-state index in [4.69, 9.17) is 0 Å². The number of phenols is 2. The average Bonchev–Trinajstić information content (AvgIpc) is 2.31. The summed E-state index contributed by atoms with van der Waals surface area (Å²) in [7, 11) is 0. The quantitative estimate of drug-likeness (QED) is 0.814. The van der Waals surface area contributed by atoms with Crippen molar-refractivity contribution in [1.82, 2.24) is 0 Å². The molecule has 0 radical (unpaired) electrons. The largest absolute Gasteiger partial charge is 0.507 e. The fraction of sp³-hybridized carbons (Fsp3) is 0. The molecule has 0 bridgehead atoms. The summed E-state index contributed by atoms with van der Waals surface area (Å²) in [6.45, 7) is 0. The fourth-order valence-electron chi connectivity index (χ4n) is 1.59. The van der Waals surface area contributed by atoms with Gasteiger partial charge >= 0.3 is 0 Å². The van der Waals surface area contributed by atoms with Gasteiger partial charge in [-0.1, -0.05) is 6.07 Å². The molecule has 0 aromatic heterocycles. The summed E-state index contributed by atoms with van der Waals surface area (Å²) in [6.07, 6.45) is 2.16. The maximum absolute atomic E-state index is 13.4. The molecule has 0 unspecified atom stereocenters. The van der Waals surface area contributed by atoms with E-state index in [1.807, 2.05) is 0 Å². The van der Waals surface area contributed by atoms with Crippen LogP contribution in [0.4, 0.5) is 13.2 Å². The van der Waals surface area contributed by atoms with Gasteiger partial charge in [0.25, 0.3) is 0 Å². The van der Waals surface area contributed by atoms with Crippen LogP contribution >= 0.6 is 0 Å². The lowest BCUT2D eigenvalue weighted by Crippen LogP contribution is -1.91. The Morgan fingerprint density at radius 1 is 0.789 bits per heavy atom. The molecular formula is C14H9F3O2. The van der Waals surface area contributed by atoms with Crippen molar-refractivity contribution < 1.29 is 23.4 Å².